The van der Waals surface area contributed by atoms with E-state index in [1.807, 2.05) is 24.3 Å². The lowest BCUT2D eigenvalue weighted by Gasteiger charge is -2.27. The molecule has 3 aromatic carbocycles. The smallest absolute Gasteiger partial charge is 0.346 e. The first-order chi connectivity index (χ1) is 23.9. The van der Waals surface area contributed by atoms with Crippen molar-refractivity contribution in [2.45, 2.75) is 118 Å². The summed E-state index contributed by atoms with van der Waals surface area (Å²) in [6, 6.07) is 23.7. The van der Waals surface area contributed by atoms with E-state index in [1.165, 1.54) is 102 Å². The van der Waals surface area contributed by atoms with Crippen LogP contribution in [-0.2, 0) is 17.6 Å². The standard InChI is InChI=1S/C45H56N2O2/c1-5-9-10-11-12-13-14-15-27-47-43-25-19-36(28-34(7-3)8-4)31-40(43)23-24-41-32-37(20-26-44(41)47)30-39(16-6-2)38-21-17-35(18-22-38)29-42(33-46)45(48)49/h17-22,25-26,28-32H,5-16,23-24,27H2,1-4H3,(H,48,49)/b39-30+,42-29-. The molecular formula is C45H56N2O2. The van der Waals surface area contributed by atoms with Crippen molar-refractivity contribution in [2.24, 2.45) is 0 Å². The van der Waals surface area contributed by atoms with Gasteiger partial charge in [-0.15, -0.1) is 0 Å². The van der Waals surface area contributed by atoms with Crippen molar-refractivity contribution in [3.63, 3.8) is 0 Å². The largest absolute Gasteiger partial charge is 0.477 e. The zero-order valence-corrected chi connectivity index (χ0v) is 30.4. The number of anilines is 2. The van der Waals surface area contributed by atoms with Crippen molar-refractivity contribution in [1.29, 1.82) is 5.26 Å². The number of allylic oxidation sites excluding steroid dienone is 2. The van der Waals surface area contributed by atoms with Crippen LogP contribution in [0.15, 0.2) is 71.8 Å². The van der Waals surface area contributed by atoms with Crippen LogP contribution >= 0.6 is 0 Å². The molecule has 258 valence electrons. The van der Waals surface area contributed by atoms with Gasteiger partial charge in [-0.1, -0.05) is 133 Å². The average Bonchev–Trinajstić information content (AvgIpc) is 3.26. The van der Waals surface area contributed by atoms with Gasteiger partial charge in [0.15, 0.2) is 0 Å². The monoisotopic (exact) mass is 656 g/mol. The molecule has 0 aromatic heterocycles. The minimum Gasteiger partial charge on any atom is -0.477 e. The molecule has 0 atom stereocenters. The molecule has 49 heavy (non-hydrogen) atoms. The van der Waals surface area contributed by atoms with Crippen LogP contribution in [0, 0.1) is 11.3 Å². The van der Waals surface area contributed by atoms with Gasteiger partial charge in [-0.05, 0) is 108 Å². The quantitative estimate of drug-likeness (QED) is 0.0640. The third-order valence-electron chi connectivity index (χ3n) is 9.77. The van der Waals surface area contributed by atoms with Gasteiger partial charge >= 0.3 is 5.97 Å². The van der Waals surface area contributed by atoms with Crippen molar-refractivity contribution in [3.05, 3.63) is 105 Å². The Bertz CT molecular complexity index is 1660. The van der Waals surface area contributed by atoms with Gasteiger partial charge in [-0.3, -0.25) is 0 Å². The van der Waals surface area contributed by atoms with Crippen molar-refractivity contribution in [1.82, 2.24) is 0 Å². The number of benzene rings is 3. The summed E-state index contributed by atoms with van der Waals surface area (Å²) in [6.07, 6.45) is 22.8. The number of unbranched alkanes of at least 4 members (excludes halogenated alkanes) is 7. The van der Waals surface area contributed by atoms with Gasteiger partial charge < -0.3 is 10.0 Å². The first-order valence-electron chi connectivity index (χ1n) is 18.8. The van der Waals surface area contributed by atoms with Gasteiger partial charge in [0.2, 0.25) is 0 Å². The lowest BCUT2D eigenvalue weighted by atomic mass is 9.95. The maximum atomic E-state index is 11.3. The van der Waals surface area contributed by atoms with E-state index in [0.29, 0.717) is 5.56 Å². The zero-order chi connectivity index (χ0) is 35.0. The molecule has 4 heteroatoms. The van der Waals surface area contributed by atoms with Crippen LogP contribution in [0.4, 0.5) is 11.4 Å². The van der Waals surface area contributed by atoms with Crippen molar-refractivity contribution >= 4 is 41.1 Å². The second-order valence-corrected chi connectivity index (χ2v) is 13.4. The van der Waals surface area contributed by atoms with E-state index < -0.39 is 5.97 Å². The highest BCUT2D eigenvalue weighted by Gasteiger charge is 2.21. The highest BCUT2D eigenvalue weighted by Crippen LogP contribution is 2.38. The number of hydrogen-bond acceptors (Lipinski definition) is 3. The molecule has 1 aliphatic rings. The predicted molar refractivity (Wildman–Crippen MR) is 209 cm³/mol. The first-order valence-corrected chi connectivity index (χ1v) is 18.8. The second kappa shape index (κ2) is 19.6. The fourth-order valence-electron chi connectivity index (χ4n) is 6.92. The van der Waals surface area contributed by atoms with E-state index in [0.717, 1.165) is 50.6 Å². The van der Waals surface area contributed by atoms with Crippen LogP contribution in [0.3, 0.4) is 0 Å². The lowest BCUT2D eigenvalue weighted by Crippen LogP contribution is -2.20. The van der Waals surface area contributed by atoms with Crippen LogP contribution < -0.4 is 4.90 Å². The maximum Gasteiger partial charge on any atom is 0.346 e. The molecule has 0 unspecified atom stereocenters. The summed E-state index contributed by atoms with van der Waals surface area (Å²) in [4.78, 5) is 13.9. The molecule has 0 saturated carbocycles. The average molecular weight is 657 g/mol. The molecule has 0 bridgehead atoms. The van der Waals surface area contributed by atoms with Crippen LogP contribution in [0.5, 0.6) is 0 Å². The topological polar surface area (TPSA) is 64.3 Å². The minimum atomic E-state index is -1.21. The number of carbonyl (C=O) groups is 1. The fourth-order valence-corrected chi connectivity index (χ4v) is 6.92. The summed E-state index contributed by atoms with van der Waals surface area (Å²) in [5.74, 6) is -1.21. The Morgan fingerprint density at radius 1 is 0.714 bits per heavy atom. The van der Waals surface area contributed by atoms with E-state index in [-0.39, 0.29) is 5.57 Å². The Balaban J connectivity index is 1.62. The van der Waals surface area contributed by atoms with E-state index in [4.69, 9.17) is 5.26 Å². The summed E-state index contributed by atoms with van der Waals surface area (Å²) in [6.45, 7) is 10.0. The number of rotatable bonds is 18. The highest BCUT2D eigenvalue weighted by molar-refractivity contribution is 5.96. The number of carboxylic acids is 1. The predicted octanol–water partition coefficient (Wildman–Crippen LogP) is 12.6. The second-order valence-electron chi connectivity index (χ2n) is 13.4. The summed E-state index contributed by atoms with van der Waals surface area (Å²) in [5.41, 5.74) is 12.4. The van der Waals surface area contributed by atoms with Crippen LogP contribution in [0.1, 0.15) is 138 Å². The Labute approximate surface area is 295 Å². The molecule has 4 nitrogen and oxygen atoms in total. The minimum absolute atomic E-state index is 0.264. The summed E-state index contributed by atoms with van der Waals surface area (Å²) in [7, 11) is 0. The summed E-state index contributed by atoms with van der Waals surface area (Å²) in [5, 5.41) is 18.4. The summed E-state index contributed by atoms with van der Waals surface area (Å²) < 4.78 is 0. The zero-order valence-electron chi connectivity index (χ0n) is 30.4. The molecule has 0 fully saturated rings. The van der Waals surface area contributed by atoms with Gasteiger partial charge in [-0.25, -0.2) is 4.79 Å². The van der Waals surface area contributed by atoms with E-state index in [2.05, 4.69) is 81.1 Å². The van der Waals surface area contributed by atoms with E-state index in [9.17, 15) is 9.90 Å². The van der Waals surface area contributed by atoms with E-state index in [1.54, 1.807) is 6.07 Å². The van der Waals surface area contributed by atoms with Crippen LogP contribution in [0.25, 0.3) is 23.8 Å². The van der Waals surface area contributed by atoms with Gasteiger partial charge in [0.05, 0.1) is 0 Å². The molecule has 0 radical (unpaired) electrons. The third kappa shape index (κ3) is 10.8. The highest BCUT2D eigenvalue weighted by atomic mass is 16.4. The molecule has 0 amide bonds. The molecule has 3 aromatic rings. The molecule has 1 aliphatic heterocycles. The number of carboxylic acid groups (broad SMARTS) is 1. The van der Waals surface area contributed by atoms with Crippen LogP contribution in [0.2, 0.25) is 0 Å². The SMILES string of the molecule is CCCCCCCCCCN1c2ccc(C=C(CC)CC)cc2CCc2cc(/C=C(\CCC)c3ccc(/C=C(/C#N)C(=O)O)cc3)ccc21. The number of fused-ring (bicyclic) bond motifs is 2. The molecule has 1 heterocycles. The molecule has 0 saturated heterocycles. The number of aliphatic carboxylic acids is 1. The van der Waals surface area contributed by atoms with Crippen molar-refractivity contribution < 1.29 is 9.90 Å². The van der Waals surface area contributed by atoms with E-state index >= 15 is 0 Å². The molecule has 0 aliphatic carbocycles. The van der Waals surface area contributed by atoms with Gasteiger partial charge in [0.1, 0.15) is 11.6 Å². The Kier molecular flexibility index (Phi) is 15.0. The molecule has 4 rings (SSSR count). The maximum absolute atomic E-state index is 11.3. The number of hydrogen-bond donors (Lipinski definition) is 1. The first kappa shape index (κ1) is 37.5. The number of nitriles is 1. The molecular weight excluding hydrogens is 601 g/mol. The Hall–Kier alpha value is -4.36. The third-order valence-corrected chi connectivity index (χ3v) is 9.77. The van der Waals surface area contributed by atoms with Crippen molar-refractivity contribution in [2.75, 3.05) is 11.4 Å². The fraction of sp³-hybridized carbons (Fsp3) is 0.422. The number of aryl methyl sites for hydroxylation is 2. The summed E-state index contributed by atoms with van der Waals surface area (Å²) >= 11 is 0. The lowest BCUT2D eigenvalue weighted by molar-refractivity contribution is -0.132. The van der Waals surface area contributed by atoms with Gasteiger partial charge in [0, 0.05) is 17.9 Å². The van der Waals surface area contributed by atoms with Crippen LogP contribution in [-0.4, -0.2) is 17.6 Å². The van der Waals surface area contributed by atoms with Gasteiger partial charge in [0.25, 0.3) is 0 Å². The van der Waals surface area contributed by atoms with Crippen molar-refractivity contribution in [3.8, 4) is 6.07 Å². The Morgan fingerprint density at radius 2 is 1.27 bits per heavy atom. The molecule has 0 spiro atoms. The number of nitrogens with zero attached hydrogens (tertiary/aromatic N) is 2. The molecule has 1 N–H and O–H groups in total. The van der Waals surface area contributed by atoms with Gasteiger partial charge in [-0.2, -0.15) is 5.26 Å². The normalized spacial score (nSPS) is 12.9. The Morgan fingerprint density at radius 3 is 1.80 bits per heavy atom.